The van der Waals surface area contributed by atoms with Crippen LogP contribution < -0.4 is 10.6 Å². The first kappa shape index (κ1) is 29.1. The van der Waals surface area contributed by atoms with Crippen LogP contribution in [0.5, 0.6) is 0 Å². The Balaban J connectivity index is 1.10. The number of aromatic nitrogens is 3. The van der Waals surface area contributed by atoms with Crippen molar-refractivity contribution in [2.24, 2.45) is 0 Å². The fraction of sp³-hybridized carbons (Fsp3) is 0.467. The van der Waals surface area contributed by atoms with Crippen LogP contribution in [0, 0.1) is 0 Å². The number of fused-ring (bicyclic) bond motifs is 1. The number of carbonyl (C=O) groups is 2. The summed E-state index contributed by atoms with van der Waals surface area (Å²) in [7, 11) is 0. The summed E-state index contributed by atoms with van der Waals surface area (Å²) in [5.41, 5.74) is 3.52. The highest BCUT2D eigenvalue weighted by Crippen LogP contribution is 2.30. The number of nitrogens with one attached hydrogen (secondary N) is 2. The third-order valence-electron chi connectivity index (χ3n) is 8.33. The maximum absolute atomic E-state index is 13.3. The molecule has 0 unspecified atom stereocenters. The Morgan fingerprint density at radius 1 is 1.07 bits per heavy atom. The van der Waals surface area contributed by atoms with Crippen LogP contribution in [-0.4, -0.2) is 93.9 Å². The van der Waals surface area contributed by atoms with Gasteiger partial charge in [-0.1, -0.05) is 6.08 Å². The number of morpholine rings is 1. The normalized spacial score (nSPS) is 19.0. The summed E-state index contributed by atoms with van der Waals surface area (Å²) in [6.07, 6.45) is -0.0516. The van der Waals surface area contributed by atoms with Crippen LogP contribution in [0.15, 0.2) is 48.7 Å². The number of piperidine rings is 1. The van der Waals surface area contributed by atoms with Gasteiger partial charge in [-0.2, -0.15) is 18.2 Å². The van der Waals surface area contributed by atoms with Crippen LogP contribution in [0.25, 0.3) is 11.2 Å². The fourth-order valence-electron chi connectivity index (χ4n) is 5.97. The van der Waals surface area contributed by atoms with Crippen molar-refractivity contribution >= 4 is 34.7 Å². The van der Waals surface area contributed by atoms with Gasteiger partial charge in [-0.05, 0) is 74.3 Å². The van der Waals surface area contributed by atoms with E-state index in [2.05, 4.69) is 20.7 Å². The zero-order valence-corrected chi connectivity index (χ0v) is 23.7. The van der Waals surface area contributed by atoms with E-state index in [0.717, 1.165) is 42.8 Å². The van der Waals surface area contributed by atoms with Crippen molar-refractivity contribution in [1.82, 2.24) is 29.7 Å². The second kappa shape index (κ2) is 12.0. The Bertz CT molecular complexity index is 1510. The largest absolute Gasteiger partial charge is 0.389 e. The average molecular weight is 598 g/mol. The number of nitrogens with zero attached hydrogens (tertiary/aromatic N) is 5. The third kappa shape index (κ3) is 6.67. The molecular formula is C30H34F3N7O3. The Morgan fingerprint density at radius 3 is 2.58 bits per heavy atom. The monoisotopic (exact) mass is 597 g/mol. The highest BCUT2D eigenvalue weighted by atomic mass is 19.4. The zero-order chi connectivity index (χ0) is 30.0. The summed E-state index contributed by atoms with van der Waals surface area (Å²) in [4.78, 5) is 33.5. The minimum Gasteiger partial charge on any atom is -0.371 e. The molecule has 0 aliphatic carbocycles. The Kier molecular flexibility index (Phi) is 8.10. The molecule has 3 aliphatic heterocycles. The van der Waals surface area contributed by atoms with Crippen molar-refractivity contribution in [2.75, 3.05) is 51.2 Å². The Hall–Kier alpha value is -3.97. The van der Waals surface area contributed by atoms with Crippen molar-refractivity contribution in [2.45, 2.75) is 43.9 Å². The Morgan fingerprint density at radius 2 is 1.86 bits per heavy atom. The molecule has 2 fully saturated rings. The molecule has 0 bridgehead atoms. The predicted molar refractivity (Wildman–Crippen MR) is 154 cm³/mol. The van der Waals surface area contributed by atoms with Gasteiger partial charge < -0.3 is 25.2 Å². The summed E-state index contributed by atoms with van der Waals surface area (Å²) in [5, 5.41) is 11.1. The number of halogens is 3. The summed E-state index contributed by atoms with van der Waals surface area (Å²) < 4.78 is 45.3. The molecule has 1 aromatic carbocycles. The van der Waals surface area contributed by atoms with Crippen molar-refractivity contribution < 1.29 is 27.5 Å². The first-order valence-corrected chi connectivity index (χ1v) is 14.6. The van der Waals surface area contributed by atoms with Gasteiger partial charge in [-0.25, -0.2) is 4.52 Å². The number of carbonyl (C=O) groups excluding carboxylic acids is 2. The Labute approximate surface area is 246 Å². The van der Waals surface area contributed by atoms with Gasteiger partial charge >= 0.3 is 6.18 Å². The molecule has 0 atom stereocenters. The number of ether oxygens (including phenoxy) is 1. The number of hydrogen-bond donors (Lipinski definition) is 2. The van der Waals surface area contributed by atoms with E-state index in [1.165, 1.54) is 4.90 Å². The van der Waals surface area contributed by atoms with Crippen LogP contribution in [0.2, 0.25) is 0 Å². The van der Waals surface area contributed by atoms with Crippen molar-refractivity contribution in [3.05, 3.63) is 59.8 Å². The van der Waals surface area contributed by atoms with Crippen LogP contribution in [0.4, 0.5) is 24.8 Å². The second-order valence-electron chi connectivity index (χ2n) is 11.3. The molecule has 13 heteroatoms. The molecule has 0 saturated carbocycles. The summed E-state index contributed by atoms with van der Waals surface area (Å²) in [5.74, 6) is -0.124. The number of anilines is 2. The molecule has 6 rings (SSSR count). The van der Waals surface area contributed by atoms with E-state index in [4.69, 9.17) is 4.74 Å². The van der Waals surface area contributed by atoms with Crippen molar-refractivity contribution in [3.63, 3.8) is 0 Å². The molecular weight excluding hydrogens is 563 g/mol. The highest BCUT2D eigenvalue weighted by molar-refractivity contribution is 5.94. The van der Waals surface area contributed by atoms with E-state index < -0.39 is 24.9 Å². The molecule has 2 saturated heterocycles. The lowest BCUT2D eigenvalue weighted by atomic mass is 9.90. The van der Waals surface area contributed by atoms with Crippen molar-refractivity contribution in [3.8, 4) is 0 Å². The summed E-state index contributed by atoms with van der Waals surface area (Å²) in [6.45, 7) is 4.10. The van der Waals surface area contributed by atoms with Crippen molar-refractivity contribution in [1.29, 1.82) is 0 Å². The molecule has 10 nitrogen and oxygen atoms in total. The number of benzene rings is 1. The molecule has 5 heterocycles. The van der Waals surface area contributed by atoms with Gasteiger partial charge in [0.2, 0.25) is 11.9 Å². The maximum Gasteiger partial charge on any atom is 0.389 e. The van der Waals surface area contributed by atoms with Crippen LogP contribution in [0.3, 0.4) is 0 Å². The van der Waals surface area contributed by atoms with Gasteiger partial charge in [-0.15, -0.1) is 5.10 Å². The van der Waals surface area contributed by atoms with E-state index in [9.17, 15) is 22.8 Å². The first-order valence-electron chi connectivity index (χ1n) is 14.6. The van der Waals surface area contributed by atoms with E-state index in [-0.39, 0.29) is 18.1 Å². The lowest BCUT2D eigenvalue weighted by Gasteiger charge is -2.45. The molecule has 228 valence electrons. The standard InChI is InChI=1S/C30H34F3N7O3/c31-30(32,33)10-7-25(41)38-16-8-21(9-17-38)24-2-1-15-40-26(24)36-28(37-40)35-23-5-3-22(4-6-23)27(42)39-18-19-43-29(20-39)11-13-34-14-12-29/h1-6,8,15,34H,7,9-14,16-20H2,(H,35,37). The van der Waals surface area contributed by atoms with Crippen LogP contribution in [0.1, 0.15) is 48.0 Å². The van der Waals surface area contributed by atoms with Crippen LogP contribution >= 0.6 is 0 Å². The molecule has 2 N–H and O–H groups in total. The average Bonchev–Trinajstić information content (AvgIpc) is 3.43. The maximum atomic E-state index is 13.3. The molecule has 43 heavy (non-hydrogen) atoms. The molecule has 2 aromatic heterocycles. The topological polar surface area (TPSA) is 104 Å². The van der Waals surface area contributed by atoms with Gasteiger partial charge in [0.1, 0.15) is 0 Å². The van der Waals surface area contributed by atoms with Gasteiger partial charge in [0, 0.05) is 49.1 Å². The van der Waals surface area contributed by atoms with E-state index in [0.29, 0.717) is 49.8 Å². The molecule has 2 amide bonds. The van der Waals surface area contributed by atoms with E-state index >= 15 is 0 Å². The highest BCUT2D eigenvalue weighted by Gasteiger charge is 2.39. The van der Waals surface area contributed by atoms with E-state index in [1.54, 1.807) is 22.8 Å². The number of hydrogen-bond acceptors (Lipinski definition) is 7. The molecule has 0 radical (unpaired) electrons. The van der Waals surface area contributed by atoms with E-state index in [1.807, 2.05) is 35.2 Å². The minimum absolute atomic E-state index is 0.00960. The van der Waals surface area contributed by atoms with Gasteiger partial charge in [0.15, 0.2) is 5.65 Å². The van der Waals surface area contributed by atoms with Crippen LogP contribution in [-0.2, 0) is 9.53 Å². The van der Waals surface area contributed by atoms with Gasteiger partial charge in [0.05, 0.1) is 25.2 Å². The van der Waals surface area contributed by atoms with Gasteiger partial charge in [0.25, 0.3) is 5.91 Å². The predicted octanol–water partition coefficient (Wildman–Crippen LogP) is 4.03. The third-order valence-corrected chi connectivity index (χ3v) is 8.33. The smallest absolute Gasteiger partial charge is 0.371 e. The lowest BCUT2D eigenvalue weighted by Crippen LogP contribution is -2.57. The summed E-state index contributed by atoms with van der Waals surface area (Å²) in [6, 6.07) is 11.0. The number of pyridine rings is 1. The second-order valence-corrected chi connectivity index (χ2v) is 11.3. The summed E-state index contributed by atoms with van der Waals surface area (Å²) >= 11 is 0. The SMILES string of the molecule is O=C(CCC(F)(F)F)N1CC=C(c2cccn3nc(Nc4ccc(C(=O)N5CCOC6(CCNCC6)C5)cc4)nc23)CC1. The quantitative estimate of drug-likeness (QED) is 0.442. The molecule has 3 aromatic rings. The van der Waals surface area contributed by atoms with Gasteiger partial charge in [-0.3, -0.25) is 9.59 Å². The lowest BCUT2D eigenvalue weighted by molar-refractivity contribution is -0.148. The number of rotatable bonds is 6. The molecule has 3 aliphatic rings. The minimum atomic E-state index is -4.35. The zero-order valence-electron chi connectivity index (χ0n) is 23.7. The number of alkyl halides is 3. The molecule has 1 spiro atoms. The first-order chi connectivity index (χ1) is 20.7. The fourth-order valence-corrected chi connectivity index (χ4v) is 5.97. The number of amides is 2.